The molecule has 0 fully saturated rings. The van der Waals surface area contributed by atoms with Gasteiger partial charge in [0.25, 0.3) is 5.91 Å². The molecule has 0 saturated heterocycles. The number of amides is 1. The monoisotopic (exact) mass is 281 g/mol. The van der Waals surface area contributed by atoms with E-state index in [4.69, 9.17) is 0 Å². The average Bonchev–Trinajstić information content (AvgIpc) is 2.49. The van der Waals surface area contributed by atoms with Crippen molar-refractivity contribution in [3.05, 3.63) is 71.8 Å². The zero-order valence-corrected chi connectivity index (χ0v) is 12.2. The van der Waals surface area contributed by atoms with E-state index in [-0.39, 0.29) is 5.91 Å². The second-order valence-corrected chi connectivity index (χ2v) is 4.75. The Hall–Kier alpha value is -2.59. The average molecular weight is 281 g/mol. The number of carbonyl (C=O) groups excluding carboxylic acids is 1. The molecule has 0 saturated carbocycles. The van der Waals surface area contributed by atoms with Crippen LogP contribution in [0.2, 0.25) is 0 Å². The van der Waals surface area contributed by atoms with Crippen molar-refractivity contribution in [1.82, 2.24) is 10.9 Å². The summed E-state index contributed by atoms with van der Waals surface area (Å²) in [5, 5.41) is 2.87. The number of aryl methyl sites for hydroxylation is 1. The summed E-state index contributed by atoms with van der Waals surface area (Å²) in [6.45, 7) is 5.89. The first-order chi connectivity index (χ1) is 10.1. The molecule has 4 heteroatoms. The van der Waals surface area contributed by atoms with Crippen LogP contribution < -0.4 is 16.2 Å². The van der Waals surface area contributed by atoms with Gasteiger partial charge in [0.2, 0.25) is 0 Å². The molecule has 2 rings (SSSR count). The molecule has 1 amide bonds. The van der Waals surface area contributed by atoms with Crippen molar-refractivity contribution in [2.45, 2.75) is 6.92 Å². The van der Waals surface area contributed by atoms with Crippen molar-refractivity contribution >= 4 is 17.3 Å². The van der Waals surface area contributed by atoms with Crippen molar-refractivity contribution in [2.24, 2.45) is 0 Å². The molecule has 0 aliphatic heterocycles. The number of hydrazine groups is 1. The second-order valence-electron chi connectivity index (χ2n) is 4.75. The van der Waals surface area contributed by atoms with Gasteiger partial charge in [-0.1, -0.05) is 36.4 Å². The van der Waals surface area contributed by atoms with Crippen LogP contribution in [-0.4, -0.2) is 13.0 Å². The molecule has 0 spiro atoms. The predicted molar refractivity (Wildman–Crippen MR) is 86.8 cm³/mol. The van der Waals surface area contributed by atoms with Gasteiger partial charge in [0.05, 0.1) is 0 Å². The molecule has 4 nitrogen and oxygen atoms in total. The maximum atomic E-state index is 12.1. The predicted octanol–water partition coefficient (Wildman–Crippen LogP) is 2.94. The molecule has 2 aromatic rings. The molecule has 21 heavy (non-hydrogen) atoms. The Bertz CT molecular complexity index is 630. The molecule has 108 valence electrons. The Balaban J connectivity index is 2.04. The van der Waals surface area contributed by atoms with Gasteiger partial charge in [0, 0.05) is 24.0 Å². The van der Waals surface area contributed by atoms with Crippen molar-refractivity contribution in [1.29, 1.82) is 0 Å². The van der Waals surface area contributed by atoms with Crippen LogP contribution in [0.4, 0.5) is 5.69 Å². The van der Waals surface area contributed by atoms with E-state index >= 15 is 0 Å². The highest BCUT2D eigenvalue weighted by molar-refractivity contribution is 6.04. The molecule has 0 unspecified atom stereocenters. The highest BCUT2D eigenvalue weighted by atomic mass is 16.1. The second kappa shape index (κ2) is 6.72. The summed E-state index contributed by atoms with van der Waals surface area (Å²) in [7, 11) is 1.78. The Morgan fingerprint density at radius 3 is 2.10 bits per heavy atom. The lowest BCUT2D eigenvalue weighted by Crippen LogP contribution is -2.25. The summed E-state index contributed by atoms with van der Waals surface area (Å²) in [5.41, 5.74) is 10.00. The van der Waals surface area contributed by atoms with Crippen molar-refractivity contribution in [3.63, 3.8) is 0 Å². The Labute approximate surface area is 124 Å². The topological polar surface area (TPSA) is 53.2 Å². The van der Waals surface area contributed by atoms with Gasteiger partial charge in [0.15, 0.2) is 0 Å². The number of carbonyl (C=O) groups is 1. The van der Waals surface area contributed by atoms with Crippen LogP contribution in [-0.2, 0) is 0 Å². The zero-order valence-electron chi connectivity index (χ0n) is 12.2. The van der Waals surface area contributed by atoms with E-state index in [0.717, 1.165) is 22.5 Å². The molecular formula is C17H19N3O. The lowest BCUT2D eigenvalue weighted by Gasteiger charge is -2.10. The Morgan fingerprint density at radius 1 is 0.952 bits per heavy atom. The number of rotatable bonds is 5. The van der Waals surface area contributed by atoms with Gasteiger partial charge in [-0.05, 0) is 36.8 Å². The van der Waals surface area contributed by atoms with Gasteiger partial charge < -0.3 is 10.7 Å². The molecule has 0 aliphatic carbocycles. The van der Waals surface area contributed by atoms with Gasteiger partial charge in [-0.25, -0.2) is 5.43 Å². The summed E-state index contributed by atoms with van der Waals surface area (Å²) in [6, 6.07) is 15.0. The van der Waals surface area contributed by atoms with E-state index in [1.165, 1.54) is 0 Å². The van der Waals surface area contributed by atoms with Crippen LogP contribution in [0, 0.1) is 6.92 Å². The fraction of sp³-hybridized carbons (Fsp3) is 0.118. The largest absolute Gasteiger partial charge is 0.322 e. The maximum Gasteiger partial charge on any atom is 0.255 e. The number of nitrogens with one attached hydrogen (secondary N) is 3. The molecule has 3 N–H and O–H groups in total. The van der Waals surface area contributed by atoms with Crippen molar-refractivity contribution in [2.75, 3.05) is 12.4 Å². The molecule has 0 atom stereocenters. The highest BCUT2D eigenvalue weighted by Crippen LogP contribution is 2.15. The maximum absolute atomic E-state index is 12.1. The third-order valence-corrected chi connectivity index (χ3v) is 3.08. The number of benzene rings is 2. The van der Waals surface area contributed by atoms with E-state index in [1.54, 1.807) is 7.05 Å². The van der Waals surface area contributed by atoms with Gasteiger partial charge in [0.1, 0.15) is 0 Å². The molecule has 0 heterocycles. The smallest absolute Gasteiger partial charge is 0.255 e. The third kappa shape index (κ3) is 3.94. The lowest BCUT2D eigenvalue weighted by atomic mass is 10.1. The number of hydrogen-bond acceptors (Lipinski definition) is 3. The quantitative estimate of drug-likeness (QED) is 0.739. The van der Waals surface area contributed by atoms with Crippen molar-refractivity contribution < 1.29 is 4.79 Å². The highest BCUT2D eigenvalue weighted by Gasteiger charge is 2.06. The van der Waals surface area contributed by atoms with Gasteiger partial charge >= 0.3 is 0 Å². The van der Waals surface area contributed by atoms with Crippen LogP contribution in [0.3, 0.4) is 0 Å². The van der Waals surface area contributed by atoms with E-state index < -0.39 is 0 Å². The van der Waals surface area contributed by atoms with Gasteiger partial charge in [-0.15, -0.1) is 0 Å². The van der Waals surface area contributed by atoms with E-state index in [0.29, 0.717) is 5.56 Å². The Morgan fingerprint density at radius 2 is 1.52 bits per heavy atom. The molecule has 0 bridgehead atoms. The SMILES string of the molecule is C=C(NNC)c1ccc(NC(=O)c2ccc(C)cc2)cc1. The van der Waals surface area contributed by atoms with E-state index in [9.17, 15) is 4.79 Å². The van der Waals surface area contributed by atoms with Crippen LogP contribution in [0.1, 0.15) is 21.5 Å². The fourth-order valence-corrected chi connectivity index (χ4v) is 1.89. The van der Waals surface area contributed by atoms with Crippen LogP contribution in [0.15, 0.2) is 55.1 Å². The first kappa shape index (κ1) is 14.8. The van der Waals surface area contributed by atoms with Gasteiger partial charge in [-0.3, -0.25) is 4.79 Å². The third-order valence-electron chi connectivity index (χ3n) is 3.08. The summed E-state index contributed by atoms with van der Waals surface area (Å²) >= 11 is 0. The summed E-state index contributed by atoms with van der Waals surface area (Å²) in [4.78, 5) is 12.1. The van der Waals surface area contributed by atoms with Crippen LogP contribution in [0.25, 0.3) is 5.70 Å². The molecule has 0 aliphatic rings. The first-order valence-electron chi connectivity index (χ1n) is 6.70. The van der Waals surface area contributed by atoms with Gasteiger partial charge in [-0.2, -0.15) is 0 Å². The van der Waals surface area contributed by atoms with Crippen molar-refractivity contribution in [3.8, 4) is 0 Å². The van der Waals surface area contributed by atoms with Crippen LogP contribution >= 0.6 is 0 Å². The zero-order chi connectivity index (χ0) is 15.2. The molecule has 0 aromatic heterocycles. The minimum Gasteiger partial charge on any atom is -0.322 e. The Kier molecular flexibility index (Phi) is 4.74. The number of anilines is 1. The summed E-state index contributed by atoms with van der Waals surface area (Å²) < 4.78 is 0. The fourth-order valence-electron chi connectivity index (χ4n) is 1.89. The minimum absolute atomic E-state index is 0.116. The molecular weight excluding hydrogens is 262 g/mol. The number of hydrogen-bond donors (Lipinski definition) is 3. The van der Waals surface area contributed by atoms with Crippen LogP contribution in [0.5, 0.6) is 0 Å². The summed E-state index contributed by atoms with van der Waals surface area (Å²) in [6.07, 6.45) is 0. The lowest BCUT2D eigenvalue weighted by molar-refractivity contribution is 0.102. The van der Waals surface area contributed by atoms with E-state index in [2.05, 4.69) is 22.7 Å². The standard InChI is InChI=1S/C17H19N3O/c1-12-4-6-15(7-5-12)17(21)19-16-10-8-14(9-11-16)13(2)20-18-3/h4-11,18,20H,2H2,1,3H3,(H,19,21). The molecule has 0 radical (unpaired) electrons. The normalized spacial score (nSPS) is 10.0. The first-order valence-corrected chi connectivity index (χ1v) is 6.70. The molecule has 2 aromatic carbocycles. The minimum atomic E-state index is -0.116. The summed E-state index contributed by atoms with van der Waals surface area (Å²) in [5.74, 6) is -0.116. The van der Waals surface area contributed by atoms with E-state index in [1.807, 2.05) is 55.5 Å².